The molecule has 0 radical (unpaired) electrons. The van der Waals surface area contributed by atoms with Gasteiger partial charge in [-0.05, 0) is 26.3 Å². The molecule has 0 saturated carbocycles. The van der Waals surface area contributed by atoms with Gasteiger partial charge in [0.2, 0.25) is 0 Å². The van der Waals surface area contributed by atoms with Crippen molar-refractivity contribution in [3.05, 3.63) is 35.9 Å². The van der Waals surface area contributed by atoms with Gasteiger partial charge in [0, 0.05) is 6.42 Å². The van der Waals surface area contributed by atoms with Crippen LogP contribution in [0, 0.1) is 0 Å². The third kappa shape index (κ3) is 2.58. The first kappa shape index (κ1) is 10.7. The summed E-state index contributed by atoms with van der Waals surface area (Å²) >= 11 is 0. The molecule has 0 bridgehead atoms. The maximum atomic E-state index is 5.79. The zero-order chi connectivity index (χ0) is 10.9. The molecule has 15 heavy (non-hydrogen) atoms. The quantitative estimate of drug-likeness (QED) is 0.702. The van der Waals surface area contributed by atoms with Gasteiger partial charge < -0.3 is 9.47 Å². The highest BCUT2D eigenvalue weighted by molar-refractivity contribution is 5.18. The molecule has 1 aliphatic heterocycles. The van der Waals surface area contributed by atoms with Gasteiger partial charge in [-0.2, -0.15) is 0 Å². The fourth-order valence-electron chi connectivity index (χ4n) is 2.12. The Labute approximate surface area is 91.2 Å². The Balaban J connectivity index is 2.17. The van der Waals surface area contributed by atoms with Crippen molar-refractivity contribution in [2.75, 3.05) is 0 Å². The van der Waals surface area contributed by atoms with Crippen molar-refractivity contribution in [2.45, 2.75) is 45.2 Å². The zero-order valence-corrected chi connectivity index (χ0v) is 9.57. The Morgan fingerprint density at radius 2 is 1.87 bits per heavy atom. The Hall–Kier alpha value is -0.860. The number of benzene rings is 1. The van der Waals surface area contributed by atoms with E-state index in [-0.39, 0.29) is 18.0 Å². The van der Waals surface area contributed by atoms with Crippen LogP contribution in [0.15, 0.2) is 30.3 Å². The second-order valence-electron chi connectivity index (χ2n) is 4.68. The fourth-order valence-corrected chi connectivity index (χ4v) is 2.12. The van der Waals surface area contributed by atoms with Gasteiger partial charge in [0.1, 0.15) is 0 Å². The summed E-state index contributed by atoms with van der Waals surface area (Å²) in [5.74, 6) is 0. The van der Waals surface area contributed by atoms with Crippen LogP contribution in [0.5, 0.6) is 0 Å². The van der Waals surface area contributed by atoms with Crippen LogP contribution in [-0.2, 0) is 9.47 Å². The van der Waals surface area contributed by atoms with Crippen molar-refractivity contribution < 1.29 is 9.47 Å². The molecule has 2 rings (SSSR count). The van der Waals surface area contributed by atoms with Crippen molar-refractivity contribution in [1.82, 2.24) is 0 Å². The van der Waals surface area contributed by atoms with Crippen LogP contribution in [-0.4, -0.2) is 11.9 Å². The lowest BCUT2D eigenvalue weighted by Crippen LogP contribution is -2.39. The normalized spacial score (nSPS) is 30.1. The molecule has 2 atom stereocenters. The van der Waals surface area contributed by atoms with Crippen molar-refractivity contribution >= 4 is 0 Å². The molecule has 1 aliphatic rings. The molecule has 2 nitrogen and oxygen atoms in total. The van der Waals surface area contributed by atoms with E-state index in [1.807, 2.05) is 25.1 Å². The average molecular weight is 206 g/mol. The van der Waals surface area contributed by atoms with Crippen LogP contribution < -0.4 is 0 Å². The van der Waals surface area contributed by atoms with Crippen molar-refractivity contribution in [2.24, 2.45) is 0 Å². The summed E-state index contributed by atoms with van der Waals surface area (Å²) in [6, 6.07) is 10.3. The molecule has 0 amide bonds. The lowest BCUT2D eigenvalue weighted by molar-refractivity contribution is -0.266. The lowest BCUT2D eigenvalue weighted by Gasteiger charge is -2.39. The molecule has 1 fully saturated rings. The number of rotatable bonds is 1. The summed E-state index contributed by atoms with van der Waals surface area (Å²) in [7, 11) is 0. The fraction of sp³-hybridized carbons (Fsp3) is 0.538. The van der Waals surface area contributed by atoms with Gasteiger partial charge in [0.25, 0.3) is 0 Å². The third-order valence-electron chi connectivity index (χ3n) is 2.69. The monoisotopic (exact) mass is 206 g/mol. The largest absolute Gasteiger partial charge is 0.347 e. The van der Waals surface area contributed by atoms with Gasteiger partial charge >= 0.3 is 0 Å². The number of ether oxygens (including phenoxy) is 2. The van der Waals surface area contributed by atoms with Crippen LogP contribution in [0.2, 0.25) is 0 Å². The molecule has 1 aromatic rings. The van der Waals surface area contributed by atoms with E-state index in [0.29, 0.717) is 0 Å². The van der Waals surface area contributed by atoms with E-state index in [4.69, 9.17) is 9.47 Å². The van der Waals surface area contributed by atoms with E-state index in [0.717, 1.165) is 6.42 Å². The van der Waals surface area contributed by atoms with Crippen LogP contribution in [0.25, 0.3) is 0 Å². The SMILES string of the molecule is CC1OC(c2ccccc2)CC(C)(C)O1. The zero-order valence-electron chi connectivity index (χ0n) is 9.57. The van der Waals surface area contributed by atoms with Gasteiger partial charge in [0.05, 0.1) is 11.7 Å². The second-order valence-corrected chi connectivity index (χ2v) is 4.68. The maximum absolute atomic E-state index is 5.79. The Bertz CT molecular complexity index is 319. The van der Waals surface area contributed by atoms with E-state index >= 15 is 0 Å². The Morgan fingerprint density at radius 1 is 1.20 bits per heavy atom. The minimum Gasteiger partial charge on any atom is -0.347 e. The molecular formula is C13H18O2. The molecule has 0 aromatic heterocycles. The van der Waals surface area contributed by atoms with Crippen molar-refractivity contribution in [3.63, 3.8) is 0 Å². The van der Waals surface area contributed by atoms with Gasteiger partial charge in [-0.25, -0.2) is 0 Å². The molecule has 0 N–H and O–H groups in total. The van der Waals surface area contributed by atoms with E-state index in [2.05, 4.69) is 26.0 Å². The summed E-state index contributed by atoms with van der Waals surface area (Å²) < 4.78 is 11.5. The minimum absolute atomic E-state index is 0.0990. The molecule has 1 heterocycles. The van der Waals surface area contributed by atoms with Gasteiger partial charge in [-0.3, -0.25) is 0 Å². The Kier molecular flexibility index (Phi) is 2.81. The molecule has 2 heteroatoms. The van der Waals surface area contributed by atoms with Gasteiger partial charge in [-0.15, -0.1) is 0 Å². The maximum Gasteiger partial charge on any atom is 0.156 e. The summed E-state index contributed by atoms with van der Waals surface area (Å²) in [6.45, 7) is 6.18. The summed E-state index contributed by atoms with van der Waals surface area (Å²) in [6.07, 6.45) is 0.936. The minimum atomic E-state index is -0.126. The molecule has 0 spiro atoms. The standard InChI is InChI=1S/C13H18O2/c1-10-14-12(9-13(2,3)15-10)11-7-5-4-6-8-11/h4-8,10,12H,9H2,1-3H3. The summed E-state index contributed by atoms with van der Waals surface area (Å²) in [5.41, 5.74) is 1.14. The van der Waals surface area contributed by atoms with Gasteiger partial charge in [0.15, 0.2) is 6.29 Å². The molecular weight excluding hydrogens is 188 g/mol. The van der Waals surface area contributed by atoms with E-state index in [1.165, 1.54) is 5.56 Å². The van der Waals surface area contributed by atoms with Crippen LogP contribution in [0.3, 0.4) is 0 Å². The predicted octanol–water partition coefficient (Wildman–Crippen LogP) is 3.29. The average Bonchev–Trinajstić information content (AvgIpc) is 2.16. The molecule has 1 aromatic carbocycles. The summed E-state index contributed by atoms with van der Waals surface area (Å²) in [4.78, 5) is 0. The molecule has 1 saturated heterocycles. The highest BCUT2D eigenvalue weighted by Crippen LogP contribution is 2.36. The van der Waals surface area contributed by atoms with Crippen LogP contribution >= 0.6 is 0 Å². The molecule has 2 unspecified atom stereocenters. The van der Waals surface area contributed by atoms with Crippen molar-refractivity contribution in [1.29, 1.82) is 0 Å². The van der Waals surface area contributed by atoms with Crippen LogP contribution in [0.4, 0.5) is 0 Å². The highest BCUT2D eigenvalue weighted by Gasteiger charge is 2.33. The summed E-state index contributed by atoms with van der Waals surface area (Å²) in [5, 5.41) is 0. The van der Waals surface area contributed by atoms with E-state index < -0.39 is 0 Å². The smallest absolute Gasteiger partial charge is 0.156 e. The molecule has 0 aliphatic carbocycles. The van der Waals surface area contributed by atoms with E-state index in [1.54, 1.807) is 0 Å². The Morgan fingerprint density at radius 3 is 2.47 bits per heavy atom. The first-order chi connectivity index (χ1) is 7.07. The number of hydrogen-bond acceptors (Lipinski definition) is 2. The lowest BCUT2D eigenvalue weighted by atomic mass is 9.94. The predicted molar refractivity (Wildman–Crippen MR) is 59.5 cm³/mol. The third-order valence-corrected chi connectivity index (χ3v) is 2.69. The van der Waals surface area contributed by atoms with E-state index in [9.17, 15) is 0 Å². The van der Waals surface area contributed by atoms with Crippen LogP contribution in [0.1, 0.15) is 38.9 Å². The molecule has 82 valence electrons. The van der Waals surface area contributed by atoms with Crippen molar-refractivity contribution in [3.8, 4) is 0 Å². The van der Waals surface area contributed by atoms with Gasteiger partial charge in [-0.1, -0.05) is 30.3 Å². The highest BCUT2D eigenvalue weighted by atomic mass is 16.7. The topological polar surface area (TPSA) is 18.5 Å². The second kappa shape index (κ2) is 3.95. The first-order valence-corrected chi connectivity index (χ1v) is 5.45. The first-order valence-electron chi connectivity index (χ1n) is 5.45. The number of hydrogen-bond donors (Lipinski definition) is 0.